The van der Waals surface area contributed by atoms with Gasteiger partial charge in [-0.25, -0.2) is 0 Å². The highest BCUT2D eigenvalue weighted by Crippen LogP contribution is 2.31. The van der Waals surface area contributed by atoms with E-state index in [1.54, 1.807) is 7.11 Å². The number of fused-ring (bicyclic) bond motifs is 2. The predicted octanol–water partition coefficient (Wildman–Crippen LogP) is 3.16. The van der Waals surface area contributed by atoms with Crippen LogP contribution in [-0.4, -0.2) is 79.0 Å². The summed E-state index contributed by atoms with van der Waals surface area (Å²) in [7, 11) is 1.71. The molecule has 0 aliphatic carbocycles. The molecular weight excluding hydrogens is 390 g/mol. The number of piperidine rings is 2. The zero-order chi connectivity index (χ0) is 21.6. The first-order chi connectivity index (χ1) is 15.2. The molecule has 0 spiro atoms. The first kappa shape index (κ1) is 22.3. The van der Waals surface area contributed by atoms with Crippen molar-refractivity contribution in [3.8, 4) is 0 Å². The van der Waals surface area contributed by atoms with E-state index in [9.17, 15) is 9.59 Å². The van der Waals surface area contributed by atoms with Crippen LogP contribution in [0, 0.1) is 5.92 Å². The Morgan fingerprint density at radius 2 is 2.00 bits per heavy atom. The molecule has 170 valence electrons. The average Bonchev–Trinajstić information content (AvgIpc) is 3.13. The van der Waals surface area contributed by atoms with Gasteiger partial charge in [0.1, 0.15) is 0 Å². The molecule has 0 N–H and O–H groups in total. The number of carbonyl (C=O) groups is 2. The van der Waals surface area contributed by atoms with Crippen LogP contribution in [0.25, 0.3) is 0 Å². The summed E-state index contributed by atoms with van der Waals surface area (Å²) in [6, 6.07) is 8.40. The van der Waals surface area contributed by atoms with Gasteiger partial charge in [0.2, 0.25) is 5.91 Å². The average molecular weight is 428 g/mol. The molecule has 31 heavy (non-hydrogen) atoms. The topological polar surface area (TPSA) is 53.1 Å². The minimum atomic E-state index is 0.0551. The first-order valence-electron chi connectivity index (χ1n) is 12.1. The number of methoxy groups -OCH3 is 1. The normalized spacial score (nSPS) is 23.5. The molecule has 0 radical (unpaired) electrons. The number of amides is 2. The summed E-state index contributed by atoms with van der Waals surface area (Å²) in [6.45, 7) is 5.80. The second kappa shape index (κ2) is 10.6. The van der Waals surface area contributed by atoms with Gasteiger partial charge in [0, 0.05) is 57.9 Å². The van der Waals surface area contributed by atoms with Crippen LogP contribution in [0.3, 0.4) is 0 Å². The molecule has 1 aromatic rings. The predicted molar refractivity (Wildman–Crippen MR) is 121 cm³/mol. The monoisotopic (exact) mass is 427 g/mol. The van der Waals surface area contributed by atoms with Crippen molar-refractivity contribution in [1.29, 1.82) is 0 Å². The van der Waals surface area contributed by atoms with Gasteiger partial charge in [0.25, 0.3) is 5.91 Å². The number of benzene rings is 1. The number of rotatable bonds is 9. The van der Waals surface area contributed by atoms with E-state index < -0.39 is 0 Å². The second-order valence-electron chi connectivity index (χ2n) is 9.32. The molecule has 2 saturated heterocycles. The van der Waals surface area contributed by atoms with Gasteiger partial charge in [-0.3, -0.25) is 9.59 Å². The Hall–Kier alpha value is -1.92. The van der Waals surface area contributed by atoms with E-state index in [1.165, 1.54) is 45.2 Å². The third-order valence-electron chi connectivity index (χ3n) is 7.30. The minimum Gasteiger partial charge on any atom is -0.385 e. The number of nitrogens with zero attached hydrogens (tertiary/aromatic N) is 3. The Kier molecular flexibility index (Phi) is 7.62. The summed E-state index contributed by atoms with van der Waals surface area (Å²) in [6.07, 6.45) is 7.60. The summed E-state index contributed by atoms with van der Waals surface area (Å²) >= 11 is 0. The number of ether oxygens (including phenoxy) is 1. The van der Waals surface area contributed by atoms with Crippen LogP contribution in [0.1, 0.15) is 60.9 Å². The zero-order valence-electron chi connectivity index (χ0n) is 18.9. The van der Waals surface area contributed by atoms with Crippen molar-refractivity contribution < 1.29 is 14.3 Å². The highest BCUT2D eigenvalue weighted by Gasteiger charge is 2.35. The first-order valence-corrected chi connectivity index (χ1v) is 12.1. The van der Waals surface area contributed by atoms with Gasteiger partial charge in [0.05, 0.1) is 0 Å². The molecule has 3 aliphatic heterocycles. The smallest absolute Gasteiger partial charge is 0.254 e. The fourth-order valence-corrected chi connectivity index (χ4v) is 5.67. The molecule has 0 bridgehead atoms. The molecule has 6 nitrogen and oxygen atoms in total. The maximum atomic E-state index is 13.2. The fourth-order valence-electron chi connectivity index (χ4n) is 5.67. The van der Waals surface area contributed by atoms with Gasteiger partial charge in [-0.05, 0) is 62.7 Å². The van der Waals surface area contributed by atoms with Crippen LogP contribution in [0.4, 0.5) is 0 Å². The molecule has 2 fully saturated rings. The Morgan fingerprint density at radius 1 is 1.16 bits per heavy atom. The lowest BCUT2D eigenvalue weighted by Gasteiger charge is -2.45. The third-order valence-corrected chi connectivity index (χ3v) is 7.30. The number of hydrogen-bond donors (Lipinski definition) is 0. The SMILES string of the molecule is COCCCN(C[C@@H]1CCCN2CCCC[C@@H]12)C(=O)CCN1Cc2ccccc2C1=O. The number of carbonyl (C=O) groups excluding carboxylic acids is 2. The molecule has 0 aromatic heterocycles. The van der Waals surface area contributed by atoms with Gasteiger partial charge in [-0.15, -0.1) is 0 Å². The van der Waals surface area contributed by atoms with Crippen molar-refractivity contribution in [2.24, 2.45) is 5.92 Å². The maximum absolute atomic E-state index is 13.2. The molecule has 2 atom stereocenters. The van der Waals surface area contributed by atoms with Crippen molar-refractivity contribution in [1.82, 2.24) is 14.7 Å². The van der Waals surface area contributed by atoms with E-state index in [0.29, 0.717) is 38.1 Å². The van der Waals surface area contributed by atoms with Crippen LogP contribution in [0.5, 0.6) is 0 Å². The van der Waals surface area contributed by atoms with Gasteiger partial charge in [0.15, 0.2) is 0 Å². The van der Waals surface area contributed by atoms with Crippen LogP contribution < -0.4 is 0 Å². The zero-order valence-corrected chi connectivity index (χ0v) is 18.9. The van der Waals surface area contributed by atoms with Crippen LogP contribution >= 0.6 is 0 Å². The van der Waals surface area contributed by atoms with E-state index in [-0.39, 0.29) is 11.8 Å². The molecule has 0 saturated carbocycles. The van der Waals surface area contributed by atoms with Crippen molar-refractivity contribution in [2.75, 3.05) is 46.4 Å². The lowest BCUT2D eigenvalue weighted by molar-refractivity contribution is -0.133. The molecule has 6 heteroatoms. The molecule has 3 aliphatic rings. The Balaban J connectivity index is 1.35. The molecule has 0 unspecified atom stereocenters. The van der Waals surface area contributed by atoms with Gasteiger partial charge in [-0.2, -0.15) is 0 Å². The van der Waals surface area contributed by atoms with Crippen molar-refractivity contribution in [3.05, 3.63) is 35.4 Å². The van der Waals surface area contributed by atoms with Crippen LogP contribution in [-0.2, 0) is 16.1 Å². The molecule has 4 rings (SSSR count). The quantitative estimate of drug-likeness (QED) is 0.568. The van der Waals surface area contributed by atoms with E-state index in [2.05, 4.69) is 9.80 Å². The van der Waals surface area contributed by atoms with E-state index in [1.807, 2.05) is 29.2 Å². The summed E-state index contributed by atoms with van der Waals surface area (Å²) < 4.78 is 5.24. The number of hydrogen-bond acceptors (Lipinski definition) is 4. The lowest BCUT2D eigenvalue weighted by atomic mass is 9.83. The summed E-state index contributed by atoms with van der Waals surface area (Å²) in [5.74, 6) is 0.797. The summed E-state index contributed by atoms with van der Waals surface area (Å²) in [4.78, 5) is 32.4. The molecule has 2 amide bonds. The maximum Gasteiger partial charge on any atom is 0.254 e. The van der Waals surface area contributed by atoms with E-state index in [0.717, 1.165) is 30.6 Å². The molecule has 3 heterocycles. The highest BCUT2D eigenvalue weighted by molar-refractivity contribution is 5.98. The Morgan fingerprint density at radius 3 is 2.84 bits per heavy atom. The van der Waals surface area contributed by atoms with Crippen LogP contribution in [0.15, 0.2) is 24.3 Å². The second-order valence-corrected chi connectivity index (χ2v) is 9.32. The van der Waals surface area contributed by atoms with Crippen molar-refractivity contribution >= 4 is 11.8 Å². The summed E-state index contributed by atoms with van der Waals surface area (Å²) in [5, 5.41) is 0. The summed E-state index contributed by atoms with van der Waals surface area (Å²) in [5.41, 5.74) is 1.85. The van der Waals surface area contributed by atoms with E-state index >= 15 is 0 Å². The van der Waals surface area contributed by atoms with Crippen molar-refractivity contribution in [3.63, 3.8) is 0 Å². The van der Waals surface area contributed by atoms with Crippen molar-refractivity contribution in [2.45, 2.75) is 57.5 Å². The van der Waals surface area contributed by atoms with Crippen LogP contribution in [0.2, 0.25) is 0 Å². The molecular formula is C25H37N3O3. The van der Waals surface area contributed by atoms with Gasteiger partial charge < -0.3 is 19.4 Å². The Labute approximate surface area is 186 Å². The minimum absolute atomic E-state index is 0.0551. The molecule has 1 aromatic carbocycles. The van der Waals surface area contributed by atoms with Gasteiger partial charge in [-0.1, -0.05) is 24.6 Å². The lowest BCUT2D eigenvalue weighted by Crippen LogP contribution is -2.52. The fraction of sp³-hybridized carbons (Fsp3) is 0.680. The third kappa shape index (κ3) is 5.29. The Bertz CT molecular complexity index is 766. The van der Waals surface area contributed by atoms with E-state index in [4.69, 9.17) is 4.74 Å². The highest BCUT2D eigenvalue weighted by atomic mass is 16.5. The van der Waals surface area contributed by atoms with Gasteiger partial charge >= 0.3 is 0 Å². The largest absolute Gasteiger partial charge is 0.385 e. The standard InChI is InChI=1S/C25H37N3O3/c1-31-17-7-15-27(19-21-9-6-14-26-13-5-4-11-23(21)26)24(29)12-16-28-18-20-8-2-3-10-22(20)25(28)30/h2-3,8,10,21,23H,4-7,9,11-19H2,1H3/t21-,23-/m0/s1.